The zero-order chi connectivity index (χ0) is 21.9. The number of hydrogen-bond acceptors (Lipinski definition) is 7. The van der Waals surface area contributed by atoms with E-state index < -0.39 is 9.84 Å². The van der Waals surface area contributed by atoms with Gasteiger partial charge in [0.25, 0.3) is 0 Å². The van der Waals surface area contributed by atoms with Crippen LogP contribution in [-0.2, 0) is 21.1 Å². The molecule has 0 spiro atoms. The van der Waals surface area contributed by atoms with Gasteiger partial charge in [0.2, 0.25) is 5.91 Å². The van der Waals surface area contributed by atoms with Crippen LogP contribution in [-0.4, -0.2) is 63.9 Å². The maximum atomic E-state index is 13.2. The Morgan fingerprint density at radius 2 is 1.77 bits per heavy atom. The van der Waals surface area contributed by atoms with Gasteiger partial charge in [0.15, 0.2) is 15.0 Å². The molecule has 10 heteroatoms. The summed E-state index contributed by atoms with van der Waals surface area (Å²) in [6.07, 6.45) is 3.39. The summed E-state index contributed by atoms with van der Waals surface area (Å²) < 4.78 is 24.4. The summed E-state index contributed by atoms with van der Waals surface area (Å²) in [5.41, 5.74) is 1.65. The largest absolute Gasteiger partial charge is 0.308 e. The number of sulfone groups is 1. The highest BCUT2D eigenvalue weighted by atomic mass is 35.5. The average molecular weight is 500 g/mol. The maximum absolute atomic E-state index is 13.2. The van der Waals surface area contributed by atoms with E-state index in [4.69, 9.17) is 4.98 Å². The Labute approximate surface area is 198 Å². The SMILES string of the molecule is CSc1ccc2nc(N(CCN(C)C)C(=O)Cc3ccc(S(C)(=O)=O)cc3)sc2c1.Cl. The third kappa shape index (κ3) is 6.66. The third-order valence-corrected chi connectivity index (χ3v) is 7.49. The van der Waals surface area contributed by atoms with Crippen LogP contribution in [0.4, 0.5) is 5.13 Å². The molecule has 3 aromatic rings. The molecule has 2 aromatic carbocycles. The van der Waals surface area contributed by atoms with Crippen molar-refractivity contribution in [3.05, 3.63) is 48.0 Å². The van der Waals surface area contributed by atoms with Gasteiger partial charge in [-0.3, -0.25) is 9.69 Å². The molecule has 6 nitrogen and oxygen atoms in total. The lowest BCUT2D eigenvalue weighted by molar-refractivity contribution is -0.118. The lowest BCUT2D eigenvalue weighted by Gasteiger charge is -2.22. The van der Waals surface area contributed by atoms with E-state index in [2.05, 4.69) is 6.07 Å². The summed E-state index contributed by atoms with van der Waals surface area (Å²) in [6, 6.07) is 12.6. The standard InChI is InChI=1S/C21H25N3O3S3.ClH/c1-23(2)11-12-24(21-22-18-10-7-16(28-3)14-19(18)29-21)20(25)13-15-5-8-17(9-6-15)30(4,26)27;/h5-10,14H,11-13H2,1-4H3;1H. The topological polar surface area (TPSA) is 70.6 Å². The lowest BCUT2D eigenvalue weighted by Crippen LogP contribution is -2.37. The molecule has 31 heavy (non-hydrogen) atoms. The number of fused-ring (bicyclic) bond motifs is 1. The molecule has 0 radical (unpaired) electrons. The molecule has 1 heterocycles. The first-order chi connectivity index (χ1) is 14.2. The molecule has 1 amide bonds. The van der Waals surface area contributed by atoms with Crippen LogP contribution in [0, 0.1) is 0 Å². The van der Waals surface area contributed by atoms with Gasteiger partial charge in [-0.15, -0.1) is 24.2 Å². The maximum Gasteiger partial charge on any atom is 0.233 e. The second-order valence-electron chi connectivity index (χ2n) is 7.27. The smallest absolute Gasteiger partial charge is 0.233 e. The first-order valence-corrected chi connectivity index (χ1v) is 13.3. The number of thiazole rings is 1. The number of carbonyl (C=O) groups excluding carboxylic acids is 1. The van der Waals surface area contributed by atoms with Gasteiger partial charge in [0.05, 0.1) is 21.5 Å². The monoisotopic (exact) mass is 499 g/mol. The van der Waals surface area contributed by atoms with Crippen LogP contribution in [0.2, 0.25) is 0 Å². The Bertz CT molecular complexity index is 1150. The Morgan fingerprint density at radius 1 is 1.10 bits per heavy atom. The van der Waals surface area contributed by atoms with E-state index in [0.29, 0.717) is 18.2 Å². The molecule has 0 saturated carbocycles. The van der Waals surface area contributed by atoms with Crippen LogP contribution < -0.4 is 4.90 Å². The van der Waals surface area contributed by atoms with E-state index in [1.165, 1.54) is 17.6 Å². The Balaban J connectivity index is 0.00000341. The minimum atomic E-state index is -3.26. The molecule has 168 valence electrons. The molecule has 0 aliphatic heterocycles. The molecular weight excluding hydrogens is 474 g/mol. The fourth-order valence-electron chi connectivity index (χ4n) is 2.89. The molecular formula is C21H26ClN3O3S3. The summed E-state index contributed by atoms with van der Waals surface area (Å²) in [6.45, 7) is 1.24. The molecule has 0 bridgehead atoms. The molecule has 0 unspecified atom stereocenters. The van der Waals surface area contributed by atoms with Crippen molar-refractivity contribution in [3.63, 3.8) is 0 Å². The van der Waals surface area contributed by atoms with Crippen molar-refractivity contribution in [3.8, 4) is 0 Å². The zero-order valence-corrected chi connectivity index (χ0v) is 21.1. The molecule has 0 atom stereocenters. The molecule has 3 rings (SSSR count). The van der Waals surface area contributed by atoms with Crippen molar-refractivity contribution in [2.24, 2.45) is 0 Å². The third-order valence-electron chi connectivity index (χ3n) is 4.59. The fraction of sp³-hybridized carbons (Fsp3) is 0.333. The van der Waals surface area contributed by atoms with Gasteiger partial charge in [-0.2, -0.15) is 0 Å². The number of amides is 1. The average Bonchev–Trinajstić information content (AvgIpc) is 3.10. The molecule has 0 N–H and O–H groups in total. The number of halogens is 1. The summed E-state index contributed by atoms with van der Waals surface area (Å²) >= 11 is 3.19. The molecule has 0 aliphatic rings. The van der Waals surface area contributed by atoms with Gasteiger partial charge in [0, 0.05) is 24.2 Å². The number of hydrogen-bond donors (Lipinski definition) is 0. The fourth-order valence-corrected chi connectivity index (χ4v) is 5.08. The van der Waals surface area contributed by atoms with Crippen molar-refractivity contribution in [1.29, 1.82) is 0 Å². The quantitative estimate of drug-likeness (QED) is 0.436. The van der Waals surface area contributed by atoms with Crippen LogP contribution >= 0.6 is 35.5 Å². The predicted octanol–water partition coefficient (Wildman–Crippen LogP) is 3.98. The van der Waals surface area contributed by atoms with E-state index >= 15 is 0 Å². The minimum Gasteiger partial charge on any atom is -0.308 e. The van der Waals surface area contributed by atoms with Gasteiger partial charge in [-0.05, 0) is 56.2 Å². The Kier molecular flexibility index (Phi) is 8.91. The Morgan fingerprint density at radius 3 is 2.35 bits per heavy atom. The minimum absolute atomic E-state index is 0. The normalized spacial score (nSPS) is 11.5. The van der Waals surface area contributed by atoms with Crippen molar-refractivity contribution < 1.29 is 13.2 Å². The van der Waals surface area contributed by atoms with Crippen LogP contribution in [0.3, 0.4) is 0 Å². The second kappa shape index (κ2) is 10.8. The zero-order valence-electron chi connectivity index (χ0n) is 17.9. The number of benzene rings is 2. The number of anilines is 1. The highest BCUT2D eigenvalue weighted by molar-refractivity contribution is 7.98. The van der Waals surface area contributed by atoms with Crippen LogP contribution in [0.1, 0.15) is 5.56 Å². The van der Waals surface area contributed by atoms with Crippen LogP contribution in [0.25, 0.3) is 10.2 Å². The Hall–Kier alpha value is -1.65. The lowest BCUT2D eigenvalue weighted by atomic mass is 10.1. The molecule has 0 fully saturated rings. The van der Waals surface area contributed by atoms with Gasteiger partial charge < -0.3 is 4.90 Å². The van der Waals surface area contributed by atoms with Gasteiger partial charge >= 0.3 is 0 Å². The second-order valence-corrected chi connectivity index (χ2v) is 11.2. The summed E-state index contributed by atoms with van der Waals surface area (Å²) in [5.74, 6) is -0.0619. The van der Waals surface area contributed by atoms with Crippen molar-refractivity contribution in [2.75, 3.05) is 44.6 Å². The summed E-state index contributed by atoms with van der Waals surface area (Å²) in [7, 11) is 0.679. The molecule has 1 aromatic heterocycles. The first-order valence-electron chi connectivity index (χ1n) is 9.36. The molecule has 0 saturated heterocycles. The number of thioether (sulfide) groups is 1. The highest BCUT2D eigenvalue weighted by Gasteiger charge is 2.20. The van der Waals surface area contributed by atoms with E-state index in [-0.39, 0.29) is 29.6 Å². The summed E-state index contributed by atoms with van der Waals surface area (Å²) in [4.78, 5) is 23.0. The van der Waals surface area contributed by atoms with E-state index in [0.717, 1.165) is 20.7 Å². The van der Waals surface area contributed by atoms with Gasteiger partial charge in [-0.25, -0.2) is 13.4 Å². The van der Waals surface area contributed by atoms with Gasteiger partial charge in [-0.1, -0.05) is 23.5 Å². The van der Waals surface area contributed by atoms with E-state index in [1.54, 1.807) is 40.9 Å². The van der Waals surface area contributed by atoms with Crippen LogP contribution in [0.15, 0.2) is 52.3 Å². The number of aromatic nitrogens is 1. The van der Waals surface area contributed by atoms with E-state index in [1.807, 2.05) is 37.4 Å². The molecule has 0 aliphatic carbocycles. The van der Waals surface area contributed by atoms with Crippen molar-refractivity contribution in [1.82, 2.24) is 9.88 Å². The number of carbonyl (C=O) groups is 1. The summed E-state index contributed by atoms with van der Waals surface area (Å²) in [5, 5.41) is 0.683. The first kappa shape index (κ1) is 25.6. The highest BCUT2D eigenvalue weighted by Crippen LogP contribution is 2.32. The van der Waals surface area contributed by atoms with Crippen molar-refractivity contribution >= 4 is 66.6 Å². The number of nitrogens with zero attached hydrogens (tertiary/aromatic N) is 3. The van der Waals surface area contributed by atoms with Gasteiger partial charge in [0.1, 0.15) is 0 Å². The van der Waals surface area contributed by atoms with Crippen LogP contribution in [0.5, 0.6) is 0 Å². The van der Waals surface area contributed by atoms with E-state index in [9.17, 15) is 13.2 Å². The number of rotatable bonds is 8. The predicted molar refractivity (Wildman–Crippen MR) is 133 cm³/mol. The number of likely N-dealkylation sites (N-methyl/N-ethyl adjacent to an activating group) is 1. The van der Waals surface area contributed by atoms with Crippen molar-refractivity contribution in [2.45, 2.75) is 16.2 Å².